The van der Waals surface area contributed by atoms with Crippen LogP contribution in [-0.4, -0.2) is 57.5 Å². The maximum Gasteiger partial charge on any atom is 0.211 e. The van der Waals surface area contributed by atoms with Gasteiger partial charge < -0.3 is 9.84 Å². The molecule has 0 aromatic heterocycles. The van der Waals surface area contributed by atoms with Crippen LogP contribution in [0.2, 0.25) is 0 Å². The summed E-state index contributed by atoms with van der Waals surface area (Å²) in [6, 6.07) is 0. The second kappa shape index (κ2) is 5.47. The van der Waals surface area contributed by atoms with Crippen molar-refractivity contribution in [2.75, 3.05) is 39.7 Å². The average molecular weight is 197 g/mol. The summed E-state index contributed by atoms with van der Waals surface area (Å²) in [5.41, 5.74) is 0. The quantitative estimate of drug-likeness (QED) is 0.586. The molecule has 5 nitrogen and oxygen atoms in total. The predicted molar refractivity (Wildman–Crippen MR) is 45.4 cm³/mol. The topological polar surface area (TPSA) is 66.8 Å². The molecule has 0 unspecified atom stereocenters. The molecule has 0 radical (unpaired) electrons. The molecule has 0 rings (SSSR count). The minimum atomic E-state index is -3.21. The van der Waals surface area contributed by atoms with Crippen LogP contribution < -0.4 is 0 Å². The van der Waals surface area contributed by atoms with Crippen LogP contribution in [0.25, 0.3) is 0 Å². The first-order valence-corrected chi connectivity index (χ1v) is 5.42. The van der Waals surface area contributed by atoms with Gasteiger partial charge in [-0.25, -0.2) is 8.42 Å². The van der Waals surface area contributed by atoms with E-state index in [4.69, 9.17) is 9.84 Å². The van der Waals surface area contributed by atoms with Crippen molar-refractivity contribution >= 4 is 10.0 Å². The van der Waals surface area contributed by atoms with Crippen molar-refractivity contribution in [3.63, 3.8) is 0 Å². The zero-order valence-electron chi connectivity index (χ0n) is 7.36. The van der Waals surface area contributed by atoms with Gasteiger partial charge in [0.05, 0.1) is 19.5 Å². The van der Waals surface area contributed by atoms with Gasteiger partial charge in [0, 0.05) is 20.2 Å². The van der Waals surface area contributed by atoms with Gasteiger partial charge in [0.15, 0.2) is 0 Å². The summed E-state index contributed by atoms with van der Waals surface area (Å²) in [4.78, 5) is 0. The molecule has 1 N–H and O–H groups in total. The first kappa shape index (κ1) is 11.8. The third kappa shape index (κ3) is 4.66. The van der Waals surface area contributed by atoms with E-state index in [1.165, 1.54) is 11.4 Å². The zero-order chi connectivity index (χ0) is 9.61. The molecule has 0 atom stereocenters. The lowest BCUT2D eigenvalue weighted by Gasteiger charge is -2.17. The van der Waals surface area contributed by atoms with E-state index in [2.05, 4.69) is 0 Å². The van der Waals surface area contributed by atoms with E-state index in [-0.39, 0.29) is 19.7 Å². The van der Waals surface area contributed by atoms with E-state index in [1.807, 2.05) is 0 Å². The van der Waals surface area contributed by atoms with Crippen LogP contribution in [0, 0.1) is 0 Å². The number of hydrogen-bond acceptors (Lipinski definition) is 4. The van der Waals surface area contributed by atoms with Gasteiger partial charge in [-0.1, -0.05) is 0 Å². The Balaban J connectivity index is 4.05. The van der Waals surface area contributed by atoms with Crippen molar-refractivity contribution in [3.05, 3.63) is 0 Å². The fraction of sp³-hybridized carbons (Fsp3) is 1.00. The molecule has 74 valence electrons. The first-order chi connectivity index (χ1) is 5.52. The second-order valence-corrected chi connectivity index (χ2v) is 4.36. The van der Waals surface area contributed by atoms with Crippen molar-refractivity contribution in [1.29, 1.82) is 0 Å². The maximum atomic E-state index is 11.0. The highest BCUT2D eigenvalue weighted by Crippen LogP contribution is 1.95. The molecule has 0 aliphatic rings. The van der Waals surface area contributed by atoms with Crippen LogP contribution >= 0.6 is 0 Å². The summed E-state index contributed by atoms with van der Waals surface area (Å²) >= 11 is 0. The SMILES string of the molecule is COCCN(CCO)S(C)(=O)=O. The monoisotopic (exact) mass is 197 g/mol. The number of ether oxygens (including phenoxy) is 1. The Morgan fingerprint density at radius 2 is 2.00 bits per heavy atom. The predicted octanol–water partition coefficient (Wildman–Crippen LogP) is -1.11. The van der Waals surface area contributed by atoms with Crippen LogP contribution in [0.4, 0.5) is 0 Å². The summed E-state index contributed by atoms with van der Waals surface area (Å²) in [5, 5.41) is 8.55. The molecule has 0 heterocycles. The van der Waals surface area contributed by atoms with Gasteiger partial charge in [-0.15, -0.1) is 0 Å². The molecule has 0 amide bonds. The van der Waals surface area contributed by atoms with Crippen molar-refractivity contribution in [2.24, 2.45) is 0 Å². The molecule has 0 saturated carbocycles. The van der Waals surface area contributed by atoms with Crippen molar-refractivity contribution in [1.82, 2.24) is 4.31 Å². The summed E-state index contributed by atoms with van der Waals surface area (Å²) in [6.07, 6.45) is 1.11. The summed E-state index contributed by atoms with van der Waals surface area (Å²) in [7, 11) is -1.71. The van der Waals surface area contributed by atoms with Gasteiger partial charge in [0.2, 0.25) is 10.0 Å². The molecule has 6 heteroatoms. The summed E-state index contributed by atoms with van der Waals surface area (Å²) in [5.74, 6) is 0. The molecule has 0 aromatic carbocycles. The Morgan fingerprint density at radius 3 is 2.33 bits per heavy atom. The summed E-state index contributed by atoms with van der Waals surface area (Å²) < 4.78 is 27.9. The van der Waals surface area contributed by atoms with Crippen LogP contribution in [0.15, 0.2) is 0 Å². The Bertz CT molecular complexity index is 202. The lowest BCUT2D eigenvalue weighted by atomic mass is 10.6. The Hall–Kier alpha value is -0.170. The number of methoxy groups -OCH3 is 1. The fourth-order valence-electron chi connectivity index (χ4n) is 0.748. The van der Waals surface area contributed by atoms with E-state index < -0.39 is 10.0 Å². The molecule has 0 saturated heterocycles. The van der Waals surface area contributed by atoms with Gasteiger partial charge in [-0.2, -0.15) is 4.31 Å². The highest BCUT2D eigenvalue weighted by Gasteiger charge is 2.14. The molecule has 12 heavy (non-hydrogen) atoms. The van der Waals surface area contributed by atoms with E-state index in [1.54, 1.807) is 0 Å². The molecular weight excluding hydrogens is 182 g/mol. The molecule has 0 bridgehead atoms. The second-order valence-electron chi connectivity index (χ2n) is 2.38. The van der Waals surface area contributed by atoms with E-state index in [0.29, 0.717) is 6.61 Å². The number of aliphatic hydroxyl groups excluding tert-OH is 1. The lowest BCUT2D eigenvalue weighted by Crippen LogP contribution is -2.35. The molecule has 0 aliphatic heterocycles. The smallest absolute Gasteiger partial charge is 0.211 e. The minimum absolute atomic E-state index is 0.127. The molecule has 0 aromatic rings. The number of sulfonamides is 1. The van der Waals surface area contributed by atoms with Crippen molar-refractivity contribution in [3.8, 4) is 0 Å². The highest BCUT2D eigenvalue weighted by atomic mass is 32.2. The van der Waals surface area contributed by atoms with E-state index in [9.17, 15) is 8.42 Å². The van der Waals surface area contributed by atoms with Gasteiger partial charge >= 0.3 is 0 Å². The molecular formula is C6H15NO4S. The number of aliphatic hydroxyl groups is 1. The van der Waals surface area contributed by atoms with E-state index in [0.717, 1.165) is 6.26 Å². The normalized spacial score (nSPS) is 12.3. The van der Waals surface area contributed by atoms with Crippen molar-refractivity contribution < 1.29 is 18.3 Å². The van der Waals surface area contributed by atoms with Crippen LogP contribution in [0.1, 0.15) is 0 Å². The molecule has 0 spiro atoms. The summed E-state index contributed by atoms with van der Waals surface area (Å²) in [6.45, 7) is 0.585. The molecule has 0 fully saturated rings. The fourth-order valence-corrected chi connectivity index (χ4v) is 1.57. The Morgan fingerprint density at radius 1 is 1.42 bits per heavy atom. The van der Waals surface area contributed by atoms with Crippen LogP contribution in [0.3, 0.4) is 0 Å². The zero-order valence-corrected chi connectivity index (χ0v) is 8.17. The van der Waals surface area contributed by atoms with Gasteiger partial charge in [0.1, 0.15) is 0 Å². The number of hydrogen-bond donors (Lipinski definition) is 1. The van der Waals surface area contributed by atoms with Crippen molar-refractivity contribution in [2.45, 2.75) is 0 Å². The minimum Gasteiger partial charge on any atom is -0.395 e. The van der Waals surface area contributed by atoms with Crippen LogP contribution in [-0.2, 0) is 14.8 Å². The van der Waals surface area contributed by atoms with E-state index >= 15 is 0 Å². The third-order valence-corrected chi connectivity index (χ3v) is 2.67. The standard InChI is InChI=1S/C6H15NO4S/c1-11-6-4-7(3-5-8)12(2,9)10/h8H,3-6H2,1-2H3. The number of rotatable bonds is 6. The Labute approximate surface area is 73.0 Å². The third-order valence-electron chi connectivity index (χ3n) is 1.36. The molecule has 0 aliphatic carbocycles. The lowest BCUT2D eigenvalue weighted by molar-refractivity contribution is 0.169. The average Bonchev–Trinajstić information content (AvgIpc) is 1.95. The first-order valence-electron chi connectivity index (χ1n) is 3.57. The number of nitrogens with zero attached hydrogens (tertiary/aromatic N) is 1. The highest BCUT2D eigenvalue weighted by molar-refractivity contribution is 7.88. The largest absolute Gasteiger partial charge is 0.395 e. The maximum absolute atomic E-state index is 11.0. The van der Waals surface area contributed by atoms with Gasteiger partial charge in [-0.3, -0.25) is 0 Å². The Kier molecular flexibility index (Phi) is 5.39. The van der Waals surface area contributed by atoms with Gasteiger partial charge in [0.25, 0.3) is 0 Å². The van der Waals surface area contributed by atoms with Gasteiger partial charge in [-0.05, 0) is 0 Å². The van der Waals surface area contributed by atoms with Crippen LogP contribution in [0.5, 0.6) is 0 Å².